The smallest absolute Gasteiger partial charge is 0.00486 e. The second-order valence-corrected chi connectivity index (χ2v) is 10.3. The summed E-state index contributed by atoms with van der Waals surface area (Å²) >= 11 is 4.05. The van der Waals surface area contributed by atoms with Gasteiger partial charge in [-0.2, -0.15) is 0 Å². The first kappa shape index (κ1) is 21.6. The van der Waals surface area contributed by atoms with Crippen LogP contribution < -0.4 is 0 Å². The number of hydrogen-bond acceptors (Lipinski definition) is 4. The first-order valence-corrected chi connectivity index (χ1v) is 11.6. The van der Waals surface area contributed by atoms with Crippen molar-refractivity contribution in [1.82, 2.24) is 9.80 Å². The second-order valence-electron chi connectivity index (χ2n) is 7.76. The Balaban J connectivity index is 1.60. The van der Waals surface area contributed by atoms with Gasteiger partial charge < -0.3 is 9.80 Å². The summed E-state index contributed by atoms with van der Waals surface area (Å²) in [7, 11) is 8.61. The van der Waals surface area contributed by atoms with Crippen molar-refractivity contribution in [1.29, 1.82) is 0 Å². The molecule has 0 saturated carbocycles. The molecule has 0 amide bonds. The average molecular weight is 393 g/mol. The SMILES string of the molecule is CN(C)CCCc1ccc(CCCCc2ccc(CCCN(C)C)s2)s1. The van der Waals surface area contributed by atoms with E-state index in [2.05, 4.69) is 62.3 Å². The minimum absolute atomic E-state index is 1.19. The molecule has 2 aromatic heterocycles. The average Bonchev–Trinajstić information content (AvgIpc) is 3.20. The molecule has 0 unspecified atom stereocenters. The zero-order valence-electron chi connectivity index (χ0n) is 17.1. The summed E-state index contributed by atoms with van der Waals surface area (Å²) in [6.07, 6.45) is 10.1. The predicted molar refractivity (Wildman–Crippen MR) is 119 cm³/mol. The van der Waals surface area contributed by atoms with Crippen molar-refractivity contribution in [3.8, 4) is 0 Å². The van der Waals surface area contributed by atoms with Gasteiger partial charge in [0, 0.05) is 19.5 Å². The van der Waals surface area contributed by atoms with Gasteiger partial charge in [0.05, 0.1) is 0 Å². The second kappa shape index (κ2) is 11.9. The molecular weight excluding hydrogens is 356 g/mol. The summed E-state index contributed by atoms with van der Waals surface area (Å²) < 4.78 is 0. The maximum Gasteiger partial charge on any atom is 0.00486 e. The van der Waals surface area contributed by atoms with Gasteiger partial charge in [-0.15, -0.1) is 22.7 Å². The number of thiophene rings is 2. The summed E-state index contributed by atoms with van der Waals surface area (Å²) in [5.41, 5.74) is 0. The number of rotatable bonds is 13. The van der Waals surface area contributed by atoms with E-state index in [0.717, 1.165) is 0 Å². The van der Waals surface area contributed by atoms with Gasteiger partial charge >= 0.3 is 0 Å². The molecule has 0 bridgehead atoms. The van der Waals surface area contributed by atoms with Gasteiger partial charge in [0.1, 0.15) is 0 Å². The van der Waals surface area contributed by atoms with Crippen LogP contribution >= 0.6 is 22.7 Å². The van der Waals surface area contributed by atoms with E-state index in [1.807, 2.05) is 22.7 Å². The number of nitrogens with zero attached hydrogens (tertiary/aromatic N) is 2. The lowest BCUT2D eigenvalue weighted by Gasteiger charge is -2.07. The van der Waals surface area contributed by atoms with Crippen LogP contribution in [0.3, 0.4) is 0 Å². The van der Waals surface area contributed by atoms with Crippen LogP contribution in [0.5, 0.6) is 0 Å². The van der Waals surface area contributed by atoms with Gasteiger partial charge in [0.25, 0.3) is 0 Å². The zero-order valence-corrected chi connectivity index (χ0v) is 18.7. The van der Waals surface area contributed by atoms with Crippen molar-refractivity contribution in [3.05, 3.63) is 43.8 Å². The highest BCUT2D eigenvalue weighted by Crippen LogP contribution is 2.23. The predicted octanol–water partition coefficient (Wildman–Crippen LogP) is 5.36. The van der Waals surface area contributed by atoms with Crippen LogP contribution in [0.1, 0.15) is 45.2 Å². The Morgan fingerprint density at radius 3 is 1.15 bits per heavy atom. The molecule has 2 rings (SSSR count). The van der Waals surface area contributed by atoms with Crippen molar-refractivity contribution < 1.29 is 0 Å². The lowest BCUT2D eigenvalue weighted by molar-refractivity contribution is 0.401. The number of aryl methyl sites for hydroxylation is 4. The summed E-state index contributed by atoms with van der Waals surface area (Å²) in [6, 6.07) is 9.39. The lowest BCUT2D eigenvalue weighted by Crippen LogP contribution is -2.13. The molecule has 0 aliphatic rings. The van der Waals surface area contributed by atoms with Gasteiger partial charge in [-0.05, 0) is 117 Å². The molecule has 0 fully saturated rings. The Hall–Kier alpha value is -0.680. The lowest BCUT2D eigenvalue weighted by atomic mass is 10.1. The topological polar surface area (TPSA) is 6.48 Å². The van der Waals surface area contributed by atoms with E-state index in [9.17, 15) is 0 Å². The van der Waals surface area contributed by atoms with Crippen molar-refractivity contribution in [2.75, 3.05) is 41.3 Å². The number of hydrogen-bond donors (Lipinski definition) is 0. The third kappa shape index (κ3) is 8.81. The van der Waals surface area contributed by atoms with Gasteiger partial charge in [0.15, 0.2) is 0 Å². The Kier molecular flexibility index (Phi) is 9.91. The van der Waals surface area contributed by atoms with Crippen LogP contribution in [-0.2, 0) is 25.7 Å². The highest BCUT2D eigenvalue weighted by atomic mass is 32.1. The van der Waals surface area contributed by atoms with Crippen molar-refractivity contribution in [3.63, 3.8) is 0 Å². The fourth-order valence-corrected chi connectivity index (χ4v) is 5.32. The normalized spacial score (nSPS) is 11.8. The largest absolute Gasteiger partial charge is 0.309 e. The van der Waals surface area contributed by atoms with Crippen LogP contribution in [0.4, 0.5) is 0 Å². The monoisotopic (exact) mass is 392 g/mol. The molecule has 4 heteroatoms. The van der Waals surface area contributed by atoms with Crippen LogP contribution in [0.2, 0.25) is 0 Å². The van der Waals surface area contributed by atoms with Gasteiger partial charge in [-0.3, -0.25) is 0 Å². The molecule has 0 atom stereocenters. The molecule has 2 nitrogen and oxygen atoms in total. The van der Waals surface area contributed by atoms with E-state index in [1.54, 1.807) is 19.5 Å². The third-order valence-electron chi connectivity index (χ3n) is 4.59. The minimum Gasteiger partial charge on any atom is -0.309 e. The molecule has 0 radical (unpaired) electrons. The van der Waals surface area contributed by atoms with E-state index in [-0.39, 0.29) is 0 Å². The third-order valence-corrected chi connectivity index (χ3v) is 7.00. The van der Waals surface area contributed by atoms with Crippen molar-refractivity contribution in [2.24, 2.45) is 0 Å². The highest BCUT2D eigenvalue weighted by Gasteiger charge is 2.04. The van der Waals surface area contributed by atoms with Gasteiger partial charge in [0.2, 0.25) is 0 Å². The van der Waals surface area contributed by atoms with Crippen molar-refractivity contribution in [2.45, 2.75) is 51.4 Å². The Morgan fingerprint density at radius 1 is 0.538 bits per heavy atom. The van der Waals surface area contributed by atoms with Gasteiger partial charge in [-0.1, -0.05) is 0 Å². The molecule has 146 valence electrons. The molecule has 2 heterocycles. The first-order valence-electron chi connectivity index (χ1n) is 9.97. The quantitative estimate of drug-likeness (QED) is 0.423. The van der Waals surface area contributed by atoms with Crippen LogP contribution in [-0.4, -0.2) is 51.1 Å². The minimum atomic E-state index is 1.19. The molecule has 0 aliphatic heterocycles. The molecule has 2 aromatic rings. The maximum absolute atomic E-state index is 2.35. The summed E-state index contributed by atoms with van der Waals surface area (Å²) in [5, 5.41) is 0. The molecule has 0 aromatic carbocycles. The summed E-state index contributed by atoms with van der Waals surface area (Å²) in [4.78, 5) is 10.8. The van der Waals surface area contributed by atoms with Gasteiger partial charge in [-0.25, -0.2) is 0 Å². The number of unbranched alkanes of at least 4 members (excludes halogenated alkanes) is 1. The molecule has 26 heavy (non-hydrogen) atoms. The van der Waals surface area contributed by atoms with Crippen LogP contribution in [0.25, 0.3) is 0 Å². The van der Waals surface area contributed by atoms with E-state index in [1.165, 1.54) is 64.5 Å². The fraction of sp³-hybridized carbons (Fsp3) is 0.636. The summed E-state index contributed by atoms with van der Waals surface area (Å²) in [5.74, 6) is 0. The molecule has 0 spiro atoms. The molecular formula is C22H36N2S2. The first-order chi connectivity index (χ1) is 12.5. The summed E-state index contributed by atoms with van der Waals surface area (Å²) in [6.45, 7) is 2.37. The Labute approximate surface area is 168 Å². The van der Waals surface area contributed by atoms with E-state index in [4.69, 9.17) is 0 Å². The highest BCUT2D eigenvalue weighted by molar-refractivity contribution is 7.12. The van der Waals surface area contributed by atoms with Crippen molar-refractivity contribution >= 4 is 22.7 Å². The van der Waals surface area contributed by atoms with E-state index in [0.29, 0.717) is 0 Å². The Morgan fingerprint density at radius 2 is 0.846 bits per heavy atom. The van der Waals surface area contributed by atoms with Crippen LogP contribution in [0.15, 0.2) is 24.3 Å². The fourth-order valence-electron chi connectivity index (χ4n) is 3.12. The van der Waals surface area contributed by atoms with E-state index >= 15 is 0 Å². The van der Waals surface area contributed by atoms with E-state index < -0.39 is 0 Å². The standard InChI is InChI=1S/C22H36N2S2/c1-23(2)17-7-11-21-15-13-19(25-21)9-5-6-10-20-14-16-22(26-20)12-8-18-24(3)4/h13-16H,5-12,17-18H2,1-4H3. The Bertz CT molecular complexity index is 559. The zero-order chi connectivity index (χ0) is 18.8. The van der Waals surface area contributed by atoms with Crippen LogP contribution in [0, 0.1) is 0 Å². The molecule has 0 aliphatic carbocycles. The maximum atomic E-state index is 2.35. The molecule has 0 saturated heterocycles. The molecule has 0 N–H and O–H groups in total.